The van der Waals surface area contributed by atoms with Gasteiger partial charge in [0.05, 0.1) is 0 Å². The highest BCUT2D eigenvalue weighted by molar-refractivity contribution is 5.78. The number of nitrogens with zero attached hydrogens (tertiary/aromatic N) is 1. The smallest absolute Gasteiger partial charge is 0.329 e. The summed E-state index contributed by atoms with van der Waals surface area (Å²) in [6.45, 7) is 2.73. The summed E-state index contributed by atoms with van der Waals surface area (Å²) < 4.78 is 4.77. The first-order chi connectivity index (χ1) is 8.99. The maximum absolute atomic E-state index is 11.7. The zero-order valence-electron chi connectivity index (χ0n) is 11.1. The fraction of sp³-hybridized carbons (Fsp3) is 0.750. The van der Waals surface area contributed by atoms with E-state index in [0.29, 0.717) is 25.6 Å². The Morgan fingerprint density at radius 2 is 1.89 bits per heavy atom. The molecule has 0 bridgehead atoms. The van der Waals surface area contributed by atoms with Crippen molar-refractivity contribution in [3.63, 3.8) is 0 Å². The number of carboxylic acid groups (broad SMARTS) is 1. The van der Waals surface area contributed by atoms with Crippen LogP contribution in [0.25, 0.3) is 0 Å². The minimum Gasteiger partial charge on any atom is -0.480 e. The molecule has 0 unspecified atom stereocenters. The minimum absolute atomic E-state index is 0.0411. The van der Waals surface area contributed by atoms with Gasteiger partial charge in [-0.15, -0.1) is 0 Å². The van der Waals surface area contributed by atoms with Crippen molar-refractivity contribution in [1.82, 2.24) is 10.2 Å². The predicted molar refractivity (Wildman–Crippen MR) is 66.4 cm³/mol. The van der Waals surface area contributed by atoms with Crippen LogP contribution in [-0.2, 0) is 19.1 Å². The molecule has 0 saturated carbocycles. The topological polar surface area (TPSA) is 95.9 Å². The Kier molecular flexibility index (Phi) is 6.27. The van der Waals surface area contributed by atoms with Crippen LogP contribution in [0.15, 0.2) is 0 Å². The molecule has 0 spiro atoms. The number of aliphatic carboxylic acids is 1. The molecule has 1 fully saturated rings. The number of piperidine rings is 1. The van der Waals surface area contributed by atoms with Gasteiger partial charge in [0.15, 0.2) is 0 Å². The number of nitrogens with one attached hydrogen (secondary N) is 1. The molecule has 108 valence electrons. The number of carboxylic acids is 1. The summed E-state index contributed by atoms with van der Waals surface area (Å²) >= 11 is 0. The fourth-order valence-electron chi connectivity index (χ4n) is 1.99. The molecule has 1 saturated heterocycles. The molecular weight excluding hydrogens is 252 g/mol. The van der Waals surface area contributed by atoms with Crippen LogP contribution in [0.1, 0.15) is 19.8 Å². The molecule has 1 rings (SSSR count). The highest BCUT2D eigenvalue weighted by Crippen LogP contribution is 2.16. The molecule has 0 aromatic rings. The Hall–Kier alpha value is -1.63. The van der Waals surface area contributed by atoms with Gasteiger partial charge in [-0.3, -0.25) is 9.59 Å². The first-order valence-electron chi connectivity index (χ1n) is 6.30. The SMILES string of the molecule is CC(=O)NCC1CCN(C(=O)COCC(=O)O)CC1. The van der Waals surface area contributed by atoms with Crippen molar-refractivity contribution in [2.75, 3.05) is 32.8 Å². The van der Waals surface area contributed by atoms with Crippen molar-refractivity contribution < 1.29 is 24.2 Å². The molecule has 2 N–H and O–H groups in total. The molecule has 0 radical (unpaired) electrons. The summed E-state index contributed by atoms with van der Waals surface area (Å²) in [5.74, 6) is -0.908. The van der Waals surface area contributed by atoms with E-state index in [1.165, 1.54) is 6.92 Å². The van der Waals surface area contributed by atoms with Crippen molar-refractivity contribution in [3.8, 4) is 0 Å². The quantitative estimate of drug-likeness (QED) is 0.677. The van der Waals surface area contributed by atoms with E-state index in [0.717, 1.165) is 12.8 Å². The molecule has 2 amide bonds. The van der Waals surface area contributed by atoms with E-state index in [2.05, 4.69) is 5.32 Å². The van der Waals surface area contributed by atoms with E-state index in [-0.39, 0.29) is 18.4 Å². The Labute approximate surface area is 111 Å². The highest BCUT2D eigenvalue weighted by atomic mass is 16.5. The summed E-state index contributed by atoms with van der Waals surface area (Å²) in [6.07, 6.45) is 1.68. The molecule has 7 nitrogen and oxygen atoms in total. The lowest BCUT2D eigenvalue weighted by Gasteiger charge is -2.31. The first kappa shape index (κ1) is 15.4. The molecule has 1 aliphatic heterocycles. The molecule has 0 aromatic carbocycles. The Bertz CT molecular complexity index is 337. The maximum Gasteiger partial charge on any atom is 0.329 e. The zero-order valence-corrected chi connectivity index (χ0v) is 11.1. The van der Waals surface area contributed by atoms with Crippen molar-refractivity contribution >= 4 is 17.8 Å². The number of amides is 2. The van der Waals surface area contributed by atoms with Gasteiger partial charge >= 0.3 is 5.97 Å². The molecule has 0 atom stereocenters. The van der Waals surface area contributed by atoms with Crippen molar-refractivity contribution in [2.24, 2.45) is 5.92 Å². The number of carbonyl (C=O) groups excluding carboxylic acids is 2. The van der Waals surface area contributed by atoms with Gasteiger partial charge in [0.1, 0.15) is 13.2 Å². The number of hydrogen-bond donors (Lipinski definition) is 2. The lowest BCUT2D eigenvalue weighted by atomic mass is 9.97. The number of likely N-dealkylation sites (tertiary alicyclic amines) is 1. The molecule has 0 aliphatic carbocycles. The Balaban J connectivity index is 2.19. The van der Waals surface area contributed by atoms with Crippen molar-refractivity contribution in [2.45, 2.75) is 19.8 Å². The second-order valence-electron chi connectivity index (χ2n) is 4.65. The predicted octanol–water partition coefficient (Wildman–Crippen LogP) is -0.538. The van der Waals surface area contributed by atoms with Crippen LogP contribution in [0.2, 0.25) is 0 Å². The van der Waals surface area contributed by atoms with Gasteiger partial charge in [0.2, 0.25) is 11.8 Å². The number of rotatable bonds is 6. The second kappa shape index (κ2) is 7.73. The van der Waals surface area contributed by atoms with Crippen molar-refractivity contribution in [1.29, 1.82) is 0 Å². The molecule has 0 aromatic heterocycles. The van der Waals surface area contributed by atoms with E-state index in [9.17, 15) is 14.4 Å². The first-order valence-corrected chi connectivity index (χ1v) is 6.30. The Morgan fingerprint density at radius 3 is 2.42 bits per heavy atom. The second-order valence-corrected chi connectivity index (χ2v) is 4.65. The molecule has 1 aliphatic rings. The van der Waals surface area contributed by atoms with Crippen LogP contribution in [0.3, 0.4) is 0 Å². The van der Waals surface area contributed by atoms with Gasteiger partial charge in [0, 0.05) is 26.6 Å². The maximum atomic E-state index is 11.7. The number of carbonyl (C=O) groups is 3. The van der Waals surface area contributed by atoms with E-state index >= 15 is 0 Å². The van der Waals surface area contributed by atoms with E-state index < -0.39 is 12.6 Å². The fourth-order valence-corrected chi connectivity index (χ4v) is 1.99. The lowest BCUT2D eigenvalue weighted by molar-refractivity contribution is -0.146. The third-order valence-corrected chi connectivity index (χ3v) is 3.06. The molecular formula is C12H20N2O5. The average Bonchev–Trinajstić information content (AvgIpc) is 2.36. The van der Waals surface area contributed by atoms with Crippen LogP contribution in [-0.4, -0.2) is 60.6 Å². The van der Waals surface area contributed by atoms with E-state index in [1.807, 2.05) is 0 Å². The van der Waals surface area contributed by atoms with E-state index in [4.69, 9.17) is 9.84 Å². The summed E-state index contributed by atoms with van der Waals surface area (Å²) in [5.41, 5.74) is 0. The zero-order chi connectivity index (χ0) is 14.3. The van der Waals surface area contributed by atoms with Gasteiger partial charge in [-0.1, -0.05) is 0 Å². The van der Waals surface area contributed by atoms with Gasteiger partial charge in [-0.2, -0.15) is 0 Å². The summed E-state index contributed by atoms with van der Waals surface area (Å²) in [7, 11) is 0. The molecule has 19 heavy (non-hydrogen) atoms. The summed E-state index contributed by atoms with van der Waals surface area (Å²) in [4.78, 5) is 34.4. The minimum atomic E-state index is -1.08. The Morgan fingerprint density at radius 1 is 1.26 bits per heavy atom. The molecule has 7 heteroatoms. The monoisotopic (exact) mass is 272 g/mol. The normalized spacial score (nSPS) is 16.2. The van der Waals surface area contributed by atoms with Crippen molar-refractivity contribution in [3.05, 3.63) is 0 Å². The van der Waals surface area contributed by atoms with Gasteiger partial charge < -0.3 is 20.1 Å². The molecule has 1 heterocycles. The van der Waals surface area contributed by atoms with Gasteiger partial charge in [-0.05, 0) is 18.8 Å². The van der Waals surface area contributed by atoms with Crippen LogP contribution in [0.4, 0.5) is 0 Å². The summed E-state index contributed by atoms with van der Waals surface area (Å²) in [5, 5.41) is 11.2. The average molecular weight is 272 g/mol. The van der Waals surface area contributed by atoms with Crippen LogP contribution in [0, 0.1) is 5.92 Å². The third kappa shape index (κ3) is 6.19. The van der Waals surface area contributed by atoms with Crippen LogP contribution < -0.4 is 5.32 Å². The van der Waals surface area contributed by atoms with Crippen LogP contribution in [0.5, 0.6) is 0 Å². The lowest BCUT2D eigenvalue weighted by Crippen LogP contribution is -2.42. The largest absolute Gasteiger partial charge is 0.480 e. The number of hydrogen-bond acceptors (Lipinski definition) is 4. The van der Waals surface area contributed by atoms with E-state index in [1.54, 1.807) is 4.90 Å². The third-order valence-electron chi connectivity index (χ3n) is 3.06. The highest BCUT2D eigenvalue weighted by Gasteiger charge is 2.22. The van der Waals surface area contributed by atoms with Gasteiger partial charge in [-0.25, -0.2) is 4.79 Å². The number of ether oxygens (including phenoxy) is 1. The van der Waals surface area contributed by atoms with Gasteiger partial charge in [0.25, 0.3) is 0 Å². The standard InChI is InChI=1S/C12H20N2O5/c1-9(15)13-6-10-2-4-14(5-3-10)11(16)7-19-8-12(17)18/h10H,2-8H2,1H3,(H,13,15)(H,17,18). The summed E-state index contributed by atoms with van der Waals surface area (Å²) in [6, 6.07) is 0. The van der Waals surface area contributed by atoms with Crippen LogP contribution >= 0.6 is 0 Å².